The molecule has 0 fully saturated rings. The number of aryl methyl sites for hydroxylation is 1. The molecule has 0 saturated heterocycles. The molecule has 0 bridgehead atoms. The number of furan rings is 1. The standard InChI is InChI=1S/C14H16ClNO2/c1-10-3-4-13(12(15)7-10)18-9-11-5-6-17-14(11)8-16-2/h3-7,16H,8-9H2,1-2H3. The fourth-order valence-corrected chi connectivity index (χ4v) is 1.98. The van der Waals surface area contributed by atoms with Gasteiger partial charge in [0.05, 0.1) is 17.8 Å². The third-order valence-electron chi connectivity index (χ3n) is 2.65. The molecule has 0 unspecified atom stereocenters. The van der Waals surface area contributed by atoms with E-state index in [0.29, 0.717) is 23.9 Å². The van der Waals surface area contributed by atoms with Gasteiger partial charge < -0.3 is 14.5 Å². The lowest BCUT2D eigenvalue weighted by atomic mass is 10.2. The van der Waals surface area contributed by atoms with Crippen molar-refractivity contribution in [3.8, 4) is 5.75 Å². The molecule has 0 aliphatic carbocycles. The van der Waals surface area contributed by atoms with Crippen LogP contribution in [0.4, 0.5) is 0 Å². The van der Waals surface area contributed by atoms with Crippen LogP contribution < -0.4 is 10.1 Å². The molecular formula is C14H16ClNO2. The van der Waals surface area contributed by atoms with Gasteiger partial charge in [-0.15, -0.1) is 0 Å². The minimum Gasteiger partial charge on any atom is -0.487 e. The van der Waals surface area contributed by atoms with E-state index in [1.807, 2.05) is 38.2 Å². The number of hydrogen-bond donors (Lipinski definition) is 1. The van der Waals surface area contributed by atoms with Crippen LogP contribution in [0, 0.1) is 6.92 Å². The van der Waals surface area contributed by atoms with Gasteiger partial charge in [-0.25, -0.2) is 0 Å². The summed E-state index contributed by atoms with van der Waals surface area (Å²) < 4.78 is 11.1. The molecule has 4 heteroatoms. The van der Waals surface area contributed by atoms with Crippen molar-refractivity contribution < 1.29 is 9.15 Å². The fourth-order valence-electron chi connectivity index (χ4n) is 1.69. The van der Waals surface area contributed by atoms with E-state index in [0.717, 1.165) is 16.9 Å². The molecule has 96 valence electrons. The molecule has 2 aromatic rings. The van der Waals surface area contributed by atoms with E-state index in [1.165, 1.54) is 0 Å². The highest BCUT2D eigenvalue weighted by Crippen LogP contribution is 2.26. The minimum atomic E-state index is 0.455. The maximum Gasteiger partial charge on any atom is 0.138 e. The summed E-state index contributed by atoms with van der Waals surface area (Å²) in [5.41, 5.74) is 2.15. The Kier molecular flexibility index (Phi) is 4.28. The van der Waals surface area contributed by atoms with Crippen molar-refractivity contribution in [2.45, 2.75) is 20.1 Å². The lowest BCUT2D eigenvalue weighted by Gasteiger charge is -2.08. The van der Waals surface area contributed by atoms with Crippen molar-refractivity contribution in [1.82, 2.24) is 5.32 Å². The second-order valence-corrected chi connectivity index (χ2v) is 4.53. The zero-order valence-corrected chi connectivity index (χ0v) is 11.3. The van der Waals surface area contributed by atoms with Gasteiger partial charge in [0, 0.05) is 5.56 Å². The van der Waals surface area contributed by atoms with E-state index >= 15 is 0 Å². The van der Waals surface area contributed by atoms with Gasteiger partial charge in [-0.2, -0.15) is 0 Å². The van der Waals surface area contributed by atoms with Gasteiger partial charge in [-0.05, 0) is 37.7 Å². The van der Waals surface area contributed by atoms with Crippen LogP contribution in [0.1, 0.15) is 16.9 Å². The Hall–Kier alpha value is -1.45. The molecule has 3 nitrogen and oxygen atoms in total. The highest BCUT2D eigenvalue weighted by molar-refractivity contribution is 6.32. The van der Waals surface area contributed by atoms with Crippen LogP contribution in [0.2, 0.25) is 5.02 Å². The Labute approximate surface area is 112 Å². The van der Waals surface area contributed by atoms with Crippen LogP contribution in [0.3, 0.4) is 0 Å². The van der Waals surface area contributed by atoms with Crippen LogP contribution in [-0.2, 0) is 13.2 Å². The Bertz CT molecular complexity index is 522. The van der Waals surface area contributed by atoms with E-state index in [2.05, 4.69) is 5.32 Å². The number of ether oxygens (including phenoxy) is 1. The minimum absolute atomic E-state index is 0.455. The first-order valence-corrected chi connectivity index (χ1v) is 6.17. The Morgan fingerprint density at radius 2 is 2.17 bits per heavy atom. The van der Waals surface area contributed by atoms with Crippen molar-refractivity contribution in [2.75, 3.05) is 7.05 Å². The summed E-state index contributed by atoms with van der Waals surface area (Å²) in [6, 6.07) is 7.66. The highest BCUT2D eigenvalue weighted by Gasteiger charge is 2.07. The van der Waals surface area contributed by atoms with Gasteiger partial charge in [0.15, 0.2) is 0 Å². The SMILES string of the molecule is CNCc1occc1COc1ccc(C)cc1Cl. The molecule has 0 atom stereocenters. The molecule has 1 aromatic carbocycles. The van der Waals surface area contributed by atoms with Gasteiger partial charge in [-0.3, -0.25) is 0 Å². The van der Waals surface area contributed by atoms with Gasteiger partial charge in [0.2, 0.25) is 0 Å². The Morgan fingerprint density at radius 3 is 2.89 bits per heavy atom. The van der Waals surface area contributed by atoms with E-state index in [9.17, 15) is 0 Å². The first kappa shape index (κ1) is 13.0. The molecule has 0 radical (unpaired) electrons. The maximum atomic E-state index is 6.11. The molecule has 0 saturated carbocycles. The fraction of sp³-hybridized carbons (Fsp3) is 0.286. The molecular weight excluding hydrogens is 250 g/mol. The van der Waals surface area contributed by atoms with E-state index in [4.69, 9.17) is 20.8 Å². The van der Waals surface area contributed by atoms with E-state index < -0.39 is 0 Å². The molecule has 1 aromatic heterocycles. The van der Waals surface area contributed by atoms with Crippen LogP contribution in [-0.4, -0.2) is 7.05 Å². The van der Waals surface area contributed by atoms with Gasteiger partial charge in [-0.1, -0.05) is 17.7 Å². The molecule has 18 heavy (non-hydrogen) atoms. The first-order chi connectivity index (χ1) is 8.70. The molecule has 1 heterocycles. The first-order valence-electron chi connectivity index (χ1n) is 5.79. The van der Waals surface area contributed by atoms with Gasteiger partial charge >= 0.3 is 0 Å². The smallest absolute Gasteiger partial charge is 0.138 e. The third kappa shape index (κ3) is 3.06. The summed E-state index contributed by atoms with van der Waals surface area (Å²) >= 11 is 6.11. The Balaban J connectivity index is 2.04. The second-order valence-electron chi connectivity index (χ2n) is 4.12. The van der Waals surface area contributed by atoms with Crippen molar-refractivity contribution in [1.29, 1.82) is 0 Å². The summed E-state index contributed by atoms with van der Waals surface area (Å²) in [5.74, 6) is 1.58. The average molecular weight is 266 g/mol. The summed E-state index contributed by atoms with van der Waals surface area (Å²) in [7, 11) is 1.88. The van der Waals surface area contributed by atoms with Crippen LogP contribution >= 0.6 is 11.6 Å². The molecule has 0 spiro atoms. The van der Waals surface area contributed by atoms with E-state index in [-0.39, 0.29) is 0 Å². The topological polar surface area (TPSA) is 34.4 Å². The average Bonchev–Trinajstić information content (AvgIpc) is 2.76. The Morgan fingerprint density at radius 1 is 1.33 bits per heavy atom. The monoisotopic (exact) mass is 265 g/mol. The third-order valence-corrected chi connectivity index (χ3v) is 2.94. The second kappa shape index (κ2) is 5.94. The lowest BCUT2D eigenvalue weighted by Crippen LogP contribution is -2.07. The maximum absolute atomic E-state index is 6.11. The highest BCUT2D eigenvalue weighted by atomic mass is 35.5. The largest absolute Gasteiger partial charge is 0.487 e. The van der Waals surface area contributed by atoms with Gasteiger partial charge in [0.25, 0.3) is 0 Å². The molecule has 1 N–H and O–H groups in total. The van der Waals surface area contributed by atoms with Crippen molar-refractivity contribution in [3.05, 3.63) is 52.4 Å². The van der Waals surface area contributed by atoms with Crippen LogP contribution in [0.25, 0.3) is 0 Å². The predicted octanol–water partition coefficient (Wildman–Crippen LogP) is 3.54. The normalized spacial score (nSPS) is 10.6. The quantitative estimate of drug-likeness (QED) is 0.898. The number of rotatable bonds is 5. The summed E-state index contributed by atoms with van der Waals surface area (Å²) in [6.07, 6.45) is 1.67. The number of hydrogen-bond acceptors (Lipinski definition) is 3. The summed E-state index contributed by atoms with van der Waals surface area (Å²) in [6.45, 7) is 3.14. The lowest BCUT2D eigenvalue weighted by molar-refractivity contribution is 0.301. The number of nitrogens with one attached hydrogen (secondary N) is 1. The number of benzene rings is 1. The summed E-state index contributed by atoms with van der Waals surface area (Å²) in [5, 5.41) is 3.69. The number of halogens is 1. The molecule has 0 amide bonds. The van der Waals surface area contributed by atoms with Crippen molar-refractivity contribution in [3.63, 3.8) is 0 Å². The zero-order chi connectivity index (χ0) is 13.0. The van der Waals surface area contributed by atoms with Gasteiger partial charge in [0.1, 0.15) is 18.1 Å². The van der Waals surface area contributed by atoms with Crippen LogP contribution in [0.15, 0.2) is 34.9 Å². The molecule has 0 aliphatic rings. The van der Waals surface area contributed by atoms with E-state index in [1.54, 1.807) is 6.26 Å². The zero-order valence-electron chi connectivity index (χ0n) is 10.5. The predicted molar refractivity (Wildman–Crippen MR) is 72.0 cm³/mol. The van der Waals surface area contributed by atoms with Crippen LogP contribution in [0.5, 0.6) is 5.75 Å². The molecule has 2 rings (SSSR count). The van der Waals surface area contributed by atoms with Crippen molar-refractivity contribution >= 4 is 11.6 Å². The molecule has 0 aliphatic heterocycles. The van der Waals surface area contributed by atoms with Crippen molar-refractivity contribution in [2.24, 2.45) is 0 Å². The summed E-state index contributed by atoms with van der Waals surface area (Å²) in [4.78, 5) is 0.